The van der Waals surface area contributed by atoms with Gasteiger partial charge < -0.3 is 10.1 Å². The van der Waals surface area contributed by atoms with Crippen LogP contribution in [-0.4, -0.2) is 23.2 Å². The molecular formula is C14H20N2O3. The van der Waals surface area contributed by atoms with Gasteiger partial charge in [0.25, 0.3) is 5.69 Å². The molecule has 5 heteroatoms. The first-order valence-corrected chi connectivity index (χ1v) is 6.62. The van der Waals surface area contributed by atoms with E-state index >= 15 is 0 Å². The van der Waals surface area contributed by atoms with E-state index in [1.807, 2.05) is 6.07 Å². The third kappa shape index (κ3) is 3.44. The van der Waals surface area contributed by atoms with Crippen LogP contribution in [0.4, 0.5) is 11.4 Å². The molecule has 0 aromatic heterocycles. The third-order valence-corrected chi connectivity index (χ3v) is 3.46. The molecule has 0 aliphatic carbocycles. The second-order valence-electron chi connectivity index (χ2n) is 5.33. The molecule has 2 atom stereocenters. The lowest BCUT2D eigenvalue weighted by Gasteiger charge is -2.33. The van der Waals surface area contributed by atoms with Crippen molar-refractivity contribution in [3.63, 3.8) is 0 Å². The number of nitro benzene ring substituents is 1. The van der Waals surface area contributed by atoms with Crippen LogP contribution < -0.4 is 5.32 Å². The lowest BCUT2D eigenvalue weighted by molar-refractivity contribution is -0.385. The van der Waals surface area contributed by atoms with Crippen molar-refractivity contribution in [2.45, 2.75) is 51.9 Å². The number of nitrogens with zero attached hydrogens (tertiary/aromatic N) is 1. The average molecular weight is 264 g/mol. The number of nitro groups is 1. The monoisotopic (exact) mass is 264 g/mol. The molecule has 1 aromatic rings. The Morgan fingerprint density at radius 2 is 1.95 bits per heavy atom. The predicted octanol–water partition coefficient (Wildman–Crippen LogP) is 3.27. The molecule has 0 radical (unpaired) electrons. The number of benzene rings is 1. The summed E-state index contributed by atoms with van der Waals surface area (Å²) in [5.41, 5.74) is 1.79. The summed E-state index contributed by atoms with van der Waals surface area (Å²) in [4.78, 5) is 10.4. The van der Waals surface area contributed by atoms with E-state index in [2.05, 4.69) is 19.2 Å². The Hall–Kier alpha value is -1.62. The van der Waals surface area contributed by atoms with Gasteiger partial charge in [0.15, 0.2) is 0 Å². The van der Waals surface area contributed by atoms with E-state index in [0.717, 1.165) is 18.5 Å². The molecule has 1 N–H and O–H groups in total. The van der Waals surface area contributed by atoms with Crippen LogP contribution in [0.25, 0.3) is 0 Å². The standard InChI is InChI=1S/C14H20N2O3/c1-9-6-12(4-5-14(9)16(17)18)15-13-7-10(2)19-11(3)8-13/h4-6,10-11,13,15H,7-8H2,1-3H3. The van der Waals surface area contributed by atoms with Gasteiger partial charge in [-0.05, 0) is 45.7 Å². The Labute approximate surface area is 113 Å². The van der Waals surface area contributed by atoms with E-state index in [9.17, 15) is 10.1 Å². The highest BCUT2D eigenvalue weighted by Gasteiger charge is 2.24. The van der Waals surface area contributed by atoms with Crippen molar-refractivity contribution < 1.29 is 9.66 Å². The molecular weight excluding hydrogens is 244 g/mol. The maximum absolute atomic E-state index is 10.8. The van der Waals surface area contributed by atoms with E-state index in [4.69, 9.17) is 4.74 Å². The molecule has 0 bridgehead atoms. The molecule has 0 spiro atoms. The number of aryl methyl sites for hydroxylation is 1. The predicted molar refractivity (Wildman–Crippen MR) is 74.5 cm³/mol. The summed E-state index contributed by atoms with van der Waals surface area (Å²) in [6, 6.07) is 5.53. The van der Waals surface area contributed by atoms with Crippen molar-refractivity contribution in [2.75, 3.05) is 5.32 Å². The highest BCUT2D eigenvalue weighted by molar-refractivity contribution is 5.54. The SMILES string of the molecule is Cc1cc(NC2CC(C)OC(C)C2)ccc1[N+](=O)[O-]. The number of hydrogen-bond acceptors (Lipinski definition) is 4. The van der Waals surface area contributed by atoms with Gasteiger partial charge in [-0.2, -0.15) is 0 Å². The highest BCUT2D eigenvalue weighted by Crippen LogP contribution is 2.26. The van der Waals surface area contributed by atoms with Crippen molar-refractivity contribution in [1.29, 1.82) is 0 Å². The summed E-state index contributed by atoms with van der Waals surface area (Å²) < 4.78 is 5.70. The van der Waals surface area contributed by atoms with Gasteiger partial charge in [0, 0.05) is 23.4 Å². The van der Waals surface area contributed by atoms with Crippen molar-refractivity contribution in [3.8, 4) is 0 Å². The first-order chi connectivity index (χ1) is 8.95. The van der Waals surface area contributed by atoms with Crippen molar-refractivity contribution in [3.05, 3.63) is 33.9 Å². The minimum atomic E-state index is -0.349. The van der Waals surface area contributed by atoms with Gasteiger partial charge >= 0.3 is 0 Å². The van der Waals surface area contributed by atoms with Crippen molar-refractivity contribution in [2.24, 2.45) is 0 Å². The van der Waals surface area contributed by atoms with Gasteiger partial charge in [-0.25, -0.2) is 0 Å². The number of nitrogens with one attached hydrogen (secondary N) is 1. The summed E-state index contributed by atoms with van der Waals surface area (Å²) in [5, 5.41) is 14.2. The molecule has 1 fully saturated rings. The normalized spacial score (nSPS) is 27.0. The van der Waals surface area contributed by atoms with Crippen LogP contribution in [0, 0.1) is 17.0 Å². The summed E-state index contributed by atoms with van der Waals surface area (Å²) in [5.74, 6) is 0. The molecule has 0 amide bonds. The van der Waals surface area contributed by atoms with E-state index in [0.29, 0.717) is 11.6 Å². The lowest BCUT2D eigenvalue weighted by atomic mass is 9.99. The van der Waals surface area contributed by atoms with Crippen LogP contribution in [0.3, 0.4) is 0 Å². The van der Waals surface area contributed by atoms with E-state index in [1.165, 1.54) is 0 Å². The average Bonchev–Trinajstić information content (AvgIpc) is 2.26. The number of rotatable bonds is 3. The number of ether oxygens (including phenoxy) is 1. The fourth-order valence-electron chi connectivity index (χ4n) is 2.71. The Bertz CT molecular complexity index is 466. The molecule has 1 aliphatic heterocycles. The maximum atomic E-state index is 10.8. The molecule has 19 heavy (non-hydrogen) atoms. The fraction of sp³-hybridized carbons (Fsp3) is 0.571. The van der Waals surface area contributed by atoms with Gasteiger partial charge in [0.1, 0.15) is 0 Å². The van der Waals surface area contributed by atoms with Gasteiger partial charge in [0.2, 0.25) is 0 Å². The van der Waals surface area contributed by atoms with Crippen LogP contribution in [0.5, 0.6) is 0 Å². The molecule has 5 nitrogen and oxygen atoms in total. The molecule has 1 heterocycles. The molecule has 104 valence electrons. The maximum Gasteiger partial charge on any atom is 0.272 e. The largest absolute Gasteiger partial charge is 0.382 e. The third-order valence-electron chi connectivity index (χ3n) is 3.46. The van der Waals surface area contributed by atoms with E-state index < -0.39 is 0 Å². The lowest BCUT2D eigenvalue weighted by Crippen LogP contribution is -2.36. The number of anilines is 1. The van der Waals surface area contributed by atoms with E-state index in [-0.39, 0.29) is 22.8 Å². The van der Waals surface area contributed by atoms with Crippen molar-refractivity contribution >= 4 is 11.4 Å². The second kappa shape index (κ2) is 5.57. The van der Waals surface area contributed by atoms with Crippen molar-refractivity contribution in [1.82, 2.24) is 0 Å². The molecule has 1 aliphatic rings. The van der Waals surface area contributed by atoms with Crippen LogP contribution in [-0.2, 0) is 4.74 Å². The van der Waals surface area contributed by atoms with Gasteiger partial charge in [0.05, 0.1) is 17.1 Å². The van der Waals surface area contributed by atoms with Gasteiger partial charge in [-0.3, -0.25) is 10.1 Å². The zero-order valence-electron chi connectivity index (χ0n) is 11.6. The molecule has 1 aromatic carbocycles. The molecule has 0 saturated carbocycles. The minimum Gasteiger partial charge on any atom is -0.382 e. The Balaban J connectivity index is 2.07. The van der Waals surface area contributed by atoms with Crippen LogP contribution in [0.1, 0.15) is 32.3 Å². The van der Waals surface area contributed by atoms with Gasteiger partial charge in [-0.15, -0.1) is 0 Å². The zero-order valence-corrected chi connectivity index (χ0v) is 11.6. The fourth-order valence-corrected chi connectivity index (χ4v) is 2.71. The summed E-state index contributed by atoms with van der Waals surface area (Å²) in [6.07, 6.45) is 2.42. The molecule has 1 saturated heterocycles. The van der Waals surface area contributed by atoms with Crippen LogP contribution in [0.15, 0.2) is 18.2 Å². The van der Waals surface area contributed by atoms with E-state index in [1.54, 1.807) is 19.1 Å². The first kappa shape index (κ1) is 13.8. The van der Waals surface area contributed by atoms with Crippen LogP contribution >= 0.6 is 0 Å². The first-order valence-electron chi connectivity index (χ1n) is 6.62. The Kier molecular flexibility index (Phi) is 4.04. The van der Waals surface area contributed by atoms with Gasteiger partial charge in [-0.1, -0.05) is 0 Å². The Morgan fingerprint density at radius 3 is 2.47 bits per heavy atom. The number of hydrogen-bond donors (Lipinski definition) is 1. The quantitative estimate of drug-likeness (QED) is 0.672. The smallest absolute Gasteiger partial charge is 0.272 e. The topological polar surface area (TPSA) is 64.4 Å². The summed E-state index contributed by atoms with van der Waals surface area (Å²) in [7, 11) is 0. The zero-order chi connectivity index (χ0) is 14.0. The summed E-state index contributed by atoms with van der Waals surface area (Å²) in [6.45, 7) is 5.91. The minimum absolute atomic E-state index is 0.166. The molecule has 2 unspecified atom stereocenters. The van der Waals surface area contributed by atoms with Crippen LogP contribution in [0.2, 0.25) is 0 Å². The summed E-state index contributed by atoms with van der Waals surface area (Å²) >= 11 is 0. The highest BCUT2D eigenvalue weighted by atomic mass is 16.6. The Morgan fingerprint density at radius 1 is 1.32 bits per heavy atom. The molecule has 2 rings (SSSR count). The second-order valence-corrected chi connectivity index (χ2v) is 5.33.